The first kappa shape index (κ1) is 20.0. The second-order valence-electron chi connectivity index (χ2n) is 7.70. The van der Waals surface area contributed by atoms with Gasteiger partial charge in [0.1, 0.15) is 23.5 Å². The summed E-state index contributed by atoms with van der Waals surface area (Å²) in [5.41, 5.74) is 5.69. The summed E-state index contributed by atoms with van der Waals surface area (Å²) in [6.07, 6.45) is 0.816. The smallest absolute Gasteiger partial charge is 0.149 e. The van der Waals surface area contributed by atoms with E-state index in [1.807, 2.05) is 68.4 Å². The minimum Gasteiger partial charge on any atom is -0.508 e. The number of hydrogen-bond donors (Lipinski definition) is 1. The Morgan fingerprint density at radius 2 is 1.57 bits per heavy atom. The van der Waals surface area contributed by atoms with E-state index in [2.05, 4.69) is 18.2 Å². The minimum atomic E-state index is -0.00635. The third-order valence-corrected chi connectivity index (χ3v) is 5.46. The fraction of sp³-hybridized carbons (Fsp3) is 0.231. The number of hydrogen-bond acceptors (Lipinski definition) is 4. The van der Waals surface area contributed by atoms with Crippen LogP contribution in [0.3, 0.4) is 0 Å². The summed E-state index contributed by atoms with van der Waals surface area (Å²) in [6, 6.07) is 23.8. The van der Waals surface area contributed by atoms with Crippen LogP contribution in [0.5, 0.6) is 17.2 Å². The van der Waals surface area contributed by atoms with Crippen LogP contribution in [-0.2, 0) is 0 Å². The van der Waals surface area contributed by atoms with E-state index in [4.69, 9.17) is 9.47 Å². The van der Waals surface area contributed by atoms with Gasteiger partial charge in [0.05, 0.1) is 6.61 Å². The highest BCUT2D eigenvalue weighted by molar-refractivity contribution is 6.00. The Bertz CT molecular complexity index is 1040. The topological polar surface area (TPSA) is 41.9 Å². The summed E-state index contributed by atoms with van der Waals surface area (Å²) >= 11 is 0. The Labute approximate surface area is 178 Å². The van der Waals surface area contributed by atoms with Gasteiger partial charge in [-0.2, -0.15) is 0 Å². The molecule has 1 heterocycles. The zero-order chi connectivity index (χ0) is 21.1. The van der Waals surface area contributed by atoms with Crippen molar-refractivity contribution in [2.75, 3.05) is 20.7 Å². The minimum absolute atomic E-state index is 0.00635. The molecule has 1 aliphatic heterocycles. The molecule has 0 saturated heterocycles. The number of rotatable bonds is 5. The Balaban J connectivity index is 1.81. The predicted octanol–water partition coefficient (Wildman–Crippen LogP) is 5.42. The molecule has 4 rings (SSSR count). The fourth-order valence-corrected chi connectivity index (χ4v) is 3.64. The van der Waals surface area contributed by atoms with Gasteiger partial charge < -0.3 is 14.6 Å². The van der Waals surface area contributed by atoms with E-state index >= 15 is 0 Å². The van der Waals surface area contributed by atoms with Gasteiger partial charge in [0.25, 0.3) is 0 Å². The lowest BCUT2D eigenvalue weighted by Gasteiger charge is -2.24. The summed E-state index contributed by atoms with van der Waals surface area (Å²) in [5.74, 6) is 2.01. The van der Waals surface area contributed by atoms with E-state index in [0.717, 1.165) is 40.2 Å². The Kier molecular flexibility index (Phi) is 5.77. The molecule has 0 aromatic heterocycles. The quantitative estimate of drug-likeness (QED) is 0.580. The lowest BCUT2D eigenvalue weighted by atomic mass is 9.87. The van der Waals surface area contributed by atoms with Gasteiger partial charge in [-0.1, -0.05) is 42.5 Å². The van der Waals surface area contributed by atoms with Gasteiger partial charge in [0, 0.05) is 12.0 Å². The van der Waals surface area contributed by atoms with Crippen LogP contribution in [0, 0.1) is 0 Å². The van der Waals surface area contributed by atoms with E-state index in [1.165, 1.54) is 5.57 Å². The van der Waals surface area contributed by atoms with Crippen molar-refractivity contribution in [3.05, 3.63) is 89.5 Å². The summed E-state index contributed by atoms with van der Waals surface area (Å²) < 4.78 is 11.9. The highest BCUT2D eigenvalue weighted by atomic mass is 16.5. The van der Waals surface area contributed by atoms with Crippen molar-refractivity contribution in [3.8, 4) is 17.2 Å². The molecule has 30 heavy (non-hydrogen) atoms. The van der Waals surface area contributed by atoms with Crippen molar-refractivity contribution >= 4 is 11.1 Å². The standard InChI is InChI=1S/C26H27NO3/c1-18(27(2)3)30-22-14-10-20(11-15-22)26(19-8-12-21(28)13-9-19)24-16-17-29-25-7-5-4-6-23(24)25/h4-15,18,28H,16-17H2,1-3H3/b26-24-. The second kappa shape index (κ2) is 8.64. The number of phenols is 1. The molecule has 0 fully saturated rings. The number of phenolic OH excluding ortho intramolecular Hbond substituents is 1. The first-order chi connectivity index (χ1) is 14.5. The van der Waals surface area contributed by atoms with Crippen LogP contribution < -0.4 is 9.47 Å². The molecule has 4 heteroatoms. The van der Waals surface area contributed by atoms with Gasteiger partial charge in [0.15, 0.2) is 0 Å². The van der Waals surface area contributed by atoms with Crippen molar-refractivity contribution in [2.45, 2.75) is 19.6 Å². The number of fused-ring (bicyclic) bond motifs is 1. The maximum Gasteiger partial charge on any atom is 0.149 e. The van der Waals surface area contributed by atoms with E-state index < -0.39 is 0 Å². The highest BCUT2D eigenvalue weighted by Gasteiger charge is 2.21. The van der Waals surface area contributed by atoms with Crippen LogP contribution in [-0.4, -0.2) is 36.9 Å². The maximum atomic E-state index is 9.79. The molecule has 0 bridgehead atoms. The van der Waals surface area contributed by atoms with Crippen LogP contribution in [0.4, 0.5) is 0 Å². The van der Waals surface area contributed by atoms with Crippen LogP contribution in [0.15, 0.2) is 72.8 Å². The van der Waals surface area contributed by atoms with Crippen molar-refractivity contribution in [3.63, 3.8) is 0 Å². The molecule has 1 atom stereocenters. The van der Waals surface area contributed by atoms with Crippen LogP contribution >= 0.6 is 0 Å². The van der Waals surface area contributed by atoms with E-state index in [0.29, 0.717) is 6.61 Å². The number of benzene rings is 3. The van der Waals surface area contributed by atoms with Gasteiger partial charge in [-0.3, -0.25) is 4.90 Å². The van der Waals surface area contributed by atoms with Gasteiger partial charge >= 0.3 is 0 Å². The lowest BCUT2D eigenvalue weighted by molar-refractivity contribution is 0.0815. The molecule has 0 aliphatic carbocycles. The molecule has 1 aliphatic rings. The average Bonchev–Trinajstić information content (AvgIpc) is 2.76. The summed E-state index contributed by atoms with van der Waals surface area (Å²) in [4.78, 5) is 2.02. The average molecular weight is 402 g/mol. The fourth-order valence-electron chi connectivity index (χ4n) is 3.64. The van der Waals surface area contributed by atoms with Gasteiger partial charge in [-0.25, -0.2) is 0 Å². The van der Waals surface area contributed by atoms with Crippen molar-refractivity contribution in [1.82, 2.24) is 4.90 Å². The first-order valence-corrected chi connectivity index (χ1v) is 10.2. The number of para-hydroxylation sites is 1. The molecular formula is C26H27NO3. The second-order valence-corrected chi connectivity index (χ2v) is 7.70. The Morgan fingerprint density at radius 3 is 2.23 bits per heavy atom. The van der Waals surface area contributed by atoms with Crippen LogP contribution in [0.25, 0.3) is 11.1 Å². The van der Waals surface area contributed by atoms with Crippen LogP contribution in [0.1, 0.15) is 30.0 Å². The van der Waals surface area contributed by atoms with Crippen LogP contribution in [0.2, 0.25) is 0 Å². The summed E-state index contributed by atoms with van der Waals surface area (Å²) in [7, 11) is 3.99. The molecule has 3 aromatic carbocycles. The normalized spacial score (nSPS) is 15.9. The zero-order valence-electron chi connectivity index (χ0n) is 17.6. The van der Waals surface area contributed by atoms with E-state index in [1.54, 1.807) is 12.1 Å². The molecule has 3 aromatic rings. The van der Waals surface area contributed by atoms with Crippen molar-refractivity contribution < 1.29 is 14.6 Å². The molecule has 0 spiro atoms. The lowest BCUT2D eigenvalue weighted by Crippen LogP contribution is -2.30. The van der Waals surface area contributed by atoms with E-state index in [-0.39, 0.29) is 12.0 Å². The van der Waals surface area contributed by atoms with Crippen molar-refractivity contribution in [1.29, 1.82) is 0 Å². The third kappa shape index (κ3) is 4.19. The predicted molar refractivity (Wildman–Crippen MR) is 121 cm³/mol. The molecule has 1 N–H and O–H groups in total. The largest absolute Gasteiger partial charge is 0.508 e. The molecule has 154 valence electrons. The number of nitrogens with zero attached hydrogens (tertiary/aromatic N) is 1. The first-order valence-electron chi connectivity index (χ1n) is 10.2. The zero-order valence-corrected chi connectivity index (χ0v) is 17.6. The van der Waals surface area contributed by atoms with Gasteiger partial charge in [-0.05, 0) is 73.6 Å². The van der Waals surface area contributed by atoms with Crippen molar-refractivity contribution in [2.24, 2.45) is 0 Å². The highest BCUT2D eigenvalue weighted by Crippen LogP contribution is 2.41. The third-order valence-electron chi connectivity index (χ3n) is 5.46. The van der Waals surface area contributed by atoms with Gasteiger partial charge in [0.2, 0.25) is 0 Å². The SMILES string of the molecule is CC(Oc1ccc(/C(=C2/CCOc3ccccc32)c2ccc(O)cc2)cc1)N(C)C. The van der Waals surface area contributed by atoms with E-state index in [9.17, 15) is 5.11 Å². The molecule has 0 saturated carbocycles. The Morgan fingerprint density at radius 1 is 0.933 bits per heavy atom. The summed E-state index contributed by atoms with van der Waals surface area (Å²) in [6.45, 7) is 2.67. The number of aromatic hydroxyl groups is 1. The monoisotopic (exact) mass is 401 g/mol. The molecule has 0 amide bonds. The van der Waals surface area contributed by atoms with Gasteiger partial charge in [-0.15, -0.1) is 0 Å². The number of ether oxygens (including phenoxy) is 2. The molecule has 0 radical (unpaired) electrons. The molecule has 4 nitrogen and oxygen atoms in total. The molecule has 1 unspecified atom stereocenters. The molecular weight excluding hydrogens is 374 g/mol. The maximum absolute atomic E-state index is 9.79. The Hall–Kier alpha value is -3.24. The summed E-state index contributed by atoms with van der Waals surface area (Å²) in [5, 5.41) is 9.79.